The molecule has 0 aliphatic heterocycles. The maximum absolute atomic E-state index is 9.42. The fourth-order valence-corrected chi connectivity index (χ4v) is 2.35. The van der Waals surface area contributed by atoms with Gasteiger partial charge in [-0.15, -0.1) is 12.4 Å². The molecule has 1 atom stereocenters. The molecule has 2 rings (SSSR count). The second-order valence-electron chi connectivity index (χ2n) is 4.05. The largest absolute Gasteiger partial charge is 0.505 e. The molecule has 2 nitrogen and oxygen atoms in total. The summed E-state index contributed by atoms with van der Waals surface area (Å²) in [6.07, 6.45) is 3.58. The number of phenolic OH excluding ortho intramolecular Hbond substituents is 1. The molecule has 0 amide bonds. The predicted octanol–water partition coefficient (Wildman–Crippen LogP) is 3.92. The molecule has 0 saturated heterocycles. The van der Waals surface area contributed by atoms with Gasteiger partial charge in [-0.2, -0.15) is 0 Å². The van der Waals surface area contributed by atoms with Crippen LogP contribution in [0.15, 0.2) is 12.1 Å². The summed E-state index contributed by atoms with van der Waals surface area (Å²) in [6.45, 7) is 0. The van der Waals surface area contributed by atoms with E-state index in [4.69, 9.17) is 28.9 Å². The van der Waals surface area contributed by atoms with E-state index in [1.807, 2.05) is 0 Å². The summed E-state index contributed by atoms with van der Waals surface area (Å²) in [4.78, 5) is 0. The first kappa shape index (κ1) is 13.9. The molecule has 1 saturated carbocycles. The molecule has 90 valence electrons. The Labute approximate surface area is 111 Å². The van der Waals surface area contributed by atoms with Gasteiger partial charge in [0.15, 0.2) is 5.75 Å². The van der Waals surface area contributed by atoms with Crippen LogP contribution in [0.3, 0.4) is 0 Å². The van der Waals surface area contributed by atoms with Crippen LogP contribution in [0.2, 0.25) is 10.0 Å². The SMILES string of the molecule is Cl.N[C@@H](c1cc(Cl)c(O)c(Cl)c1)C1CCC1. The van der Waals surface area contributed by atoms with Crippen LogP contribution >= 0.6 is 35.6 Å². The molecule has 16 heavy (non-hydrogen) atoms. The van der Waals surface area contributed by atoms with Crippen molar-refractivity contribution in [3.05, 3.63) is 27.7 Å². The van der Waals surface area contributed by atoms with E-state index in [1.54, 1.807) is 12.1 Å². The van der Waals surface area contributed by atoms with Gasteiger partial charge >= 0.3 is 0 Å². The first-order valence-corrected chi connectivity index (χ1v) is 5.78. The highest BCUT2D eigenvalue weighted by Gasteiger charge is 2.26. The van der Waals surface area contributed by atoms with Crippen LogP contribution in [0.5, 0.6) is 5.75 Å². The van der Waals surface area contributed by atoms with Crippen LogP contribution in [0, 0.1) is 5.92 Å². The number of nitrogens with two attached hydrogens (primary N) is 1. The maximum atomic E-state index is 9.42. The van der Waals surface area contributed by atoms with Crippen LogP contribution in [0.25, 0.3) is 0 Å². The van der Waals surface area contributed by atoms with Gasteiger partial charge in [-0.3, -0.25) is 0 Å². The summed E-state index contributed by atoms with van der Waals surface area (Å²) in [5.41, 5.74) is 7.00. The smallest absolute Gasteiger partial charge is 0.152 e. The topological polar surface area (TPSA) is 46.2 Å². The Morgan fingerprint density at radius 3 is 2.12 bits per heavy atom. The number of phenols is 1. The van der Waals surface area contributed by atoms with E-state index < -0.39 is 0 Å². The third kappa shape index (κ3) is 2.57. The van der Waals surface area contributed by atoms with Gasteiger partial charge in [0, 0.05) is 6.04 Å². The summed E-state index contributed by atoms with van der Waals surface area (Å²) < 4.78 is 0. The first-order chi connectivity index (χ1) is 7.09. The average Bonchev–Trinajstić information content (AvgIpc) is 2.10. The molecule has 1 aliphatic rings. The van der Waals surface area contributed by atoms with Crippen molar-refractivity contribution in [3.63, 3.8) is 0 Å². The summed E-state index contributed by atoms with van der Waals surface area (Å²) >= 11 is 11.7. The fourth-order valence-electron chi connectivity index (χ4n) is 1.85. The van der Waals surface area contributed by atoms with Crippen molar-refractivity contribution in [2.24, 2.45) is 11.7 Å². The van der Waals surface area contributed by atoms with E-state index in [0.29, 0.717) is 5.92 Å². The van der Waals surface area contributed by atoms with Crippen LogP contribution in [0.4, 0.5) is 0 Å². The molecule has 3 N–H and O–H groups in total. The summed E-state index contributed by atoms with van der Waals surface area (Å²) in [6, 6.07) is 3.38. The minimum absolute atomic E-state index is 0. The monoisotopic (exact) mass is 281 g/mol. The summed E-state index contributed by atoms with van der Waals surface area (Å²) in [7, 11) is 0. The minimum atomic E-state index is -0.0668. The molecule has 0 radical (unpaired) electrons. The Bertz CT molecular complexity index is 356. The molecule has 0 heterocycles. The van der Waals surface area contributed by atoms with Gasteiger partial charge in [0.1, 0.15) is 0 Å². The van der Waals surface area contributed by atoms with Crippen molar-refractivity contribution < 1.29 is 5.11 Å². The van der Waals surface area contributed by atoms with Gasteiger partial charge in [-0.05, 0) is 36.5 Å². The standard InChI is InChI=1S/C11H13Cl2NO.ClH/c12-8-4-7(5-9(13)11(8)15)10(14)6-2-1-3-6;/h4-6,10,15H,1-3,14H2;1H/t10-;/m1./s1. The lowest BCUT2D eigenvalue weighted by atomic mass is 9.77. The highest BCUT2D eigenvalue weighted by molar-refractivity contribution is 6.37. The molecule has 1 aromatic carbocycles. The van der Waals surface area contributed by atoms with Crippen molar-refractivity contribution in [2.45, 2.75) is 25.3 Å². The lowest BCUT2D eigenvalue weighted by Gasteiger charge is -2.31. The molecule has 1 aromatic rings. The normalized spacial score (nSPS) is 17.4. The van der Waals surface area contributed by atoms with E-state index in [2.05, 4.69) is 0 Å². The van der Waals surface area contributed by atoms with Crippen molar-refractivity contribution in [3.8, 4) is 5.75 Å². The number of halogens is 3. The maximum Gasteiger partial charge on any atom is 0.152 e. The van der Waals surface area contributed by atoms with Crippen molar-refractivity contribution in [2.75, 3.05) is 0 Å². The Hall–Kier alpha value is -0.150. The van der Waals surface area contributed by atoms with Crippen molar-refractivity contribution in [1.82, 2.24) is 0 Å². The third-order valence-electron chi connectivity index (χ3n) is 3.08. The number of rotatable bonds is 2. The average molecular weight is 283 g/mol. The zero-order chi connectivity index (χ0) is 11.0. The van der Waals surface area contributed by atoms with Gasteiger partial charge in [-0.25, -0.2) is 0 Å². The van der Waals surface area contributed by atoms with Crippen LogP contribution in [-0.2, 0) is 0 Å². The second kappa shape index (κ2) is 5.46. The van der Waals surface area contributed by atoms with Crippen LogP contribution in [-0.4, -0.2) is 5.11 Å². The van der Waals surface area contributed by atoms with E-state index in [1.165, 1.54) is 6.42 Å². The van der Waals surface area contributed by atoms with Crippen molar-refractivity contribution in [1.29, 1.82) is 0 Å². The molecule has 0 unspecified atom stereocenters. The molecular formula is C11H14Cl3NO. The lowest BCUT2D eigenvalue weighted by Crippen LogP contribution is -2.26. The molecule has 0 bridgehead atoms. The van der Waals surface area contributed by atoms with Gasteiger partial charge in [0.05, 0.1) is 10.0 Å². The highest BCUT2D eigenvalue weighted by atomic mass is 35.5. The van der Waals surface area contributed by atoms with E-state index in [0.717, 1.165) is 18.4 Å². The molecule has 1 aliphatic carbocycles. The van der Waals surface area contributed by atoms with Gasteiger partial charge < -0.3 is 10.8 Å². The molecule has 0 spiro atoms. The zero-order valence-corrected chi connectivity index (χ0v) is 10.9. The number of hydrogen-bond donors (Lipinski definition) is 2. The van der Waals surface area contributed by atoms with Crippen LogP contribution in [0.1, 0.15) is 30.9 Å². The second-order valence-corrected chi connectivity index (χ2v) is 4.86. The summed E-state index contributed by atoms with van der Waals surface area (Å²) in [5.74, 6) is 0.463. The van der Waals surface area contributed by atoms with Gasteiger partial charge in [0.25, 0.3) is 0 Å². The van der Waals surface area contributed by atoms with E-state index in [9.17, 15) is 5.11 Å². The third-order valence-corrected chi connectivity index (χ3v) is 3.66. The Balaban J connectivity index is 0.00000128. The Morgan fingerprint density at radius 1 is 1.25 bits per heavy atom. The molecular weight excluding hydrogens is 268 g/mol. The lowest BCUT2D eigenvalue weighted by molar-refractivity contribution is 0.264. The Kier molecular flexibility index (Phi) is 4.74. The molecule has 5 heteroatoms. The zero-order valence-electron chi connectivity index (χ0n) is 8.62. The molecule has 1 fully saturated rings. The quantitative estimate of drug-likeness (QED) is 0.863. The van der Waals surface area contributed by atoms with Crippen molar-refractivity contribution >= 4 is 35.6 Å². The van der Waals surface area contributed by atoms with E-state index >= 15 is 0 Å². The molecule has 0 aromatic heterocycles. The van der Waals surface area contributed by atoms with Gasteiger partial charge in [-0.1, -0.05) is 29.6 Å². The fraction of sp³-hybridized carbons (Fsp3) is 0.455. The first-order valence-electron chi connectivity index (χ1n) is 5.03. The number of hydrogen-bond acceptors (Lipinski definition) is 2. The number of benzene rings is 1. The van der Waals surface area contributed by atoms with Gasteiger partial charge in [0.2, 0.25) is 0 Å². The summed E-state index contributed by atoms with van der Waals surface area (Å²) in [5, 5.41) is 9.96. The van der Waals surface area contributed by atoms with E-state index in [-0.39, 0.29) is 34.2 Å². The predicted molar refractivity (Wildman–Crippen MR) is 69.6 cm³/mol. The Morgan fingerprint density at radius 2 is 1.75 bits per heavy atom. The number of aromatic hydroxyl groups is 1. The van der Waals surface area contributed by atoms with Crippen LogP contribution < -0.4 is 5.73 Å². The minimum Gasteiger partial charge on any atom is -0.505 e. The highest BCUT2D eigenvalue weighted by Crippen LogP contribution is 2.40.